The maximum atomic E-state index is 9.49. The summed E-state index contributed by atoms with van der Waals surface area (Å²) in [5.41, 5.74) is 5.07. The lowest BCUT2D eigenvalue weighted by Gasteiger charge is -2.38. The quantitative estimate of drug-likeness (QED) is 0.873. The van der Waals surface area contributed by atoms with Gasteiger partial charge in [-0.05, 0) is 35.4 Å². The fourth-order valence-electron chi connectivity index (χ4n) is 3.35. The van der Waals surface area contributed by atoms with Gasteiger partial charge in [0.25, 0.3) is 0 Å². The highest BCUT2D eigenvalue weighted by molar-refractivity contribution is 5.54. The van der Waals surface area contributed by atoms with E-state index in [1.807, 2.05) is 24.3 Å². The molecule has 2 nitrogen and oxygen atoms in total. The molecule has 3 rings (SSSR count). The third-order valence-corrected chi connectivity index (χ3v) is 4.64. The molecule has 1 atom stereocenters. The molecular weight excluding hydrogens is 258 g/mol. The lowest BCUT2D eigenvalue weighted by atomic mass is 9.71. The molecule has 0 fully saturated rings. The van der Waals surface area contributed by atoms with Crippen LogP contribution in [0, 0.1) is 0 Å². The van der Waals surface area contributed by atoms with Gasteiger partial charge in [-0.25, -0.2) is 0 Å². The first-order chi connectivity index (χ1) is 10.1. The van der Waals surface area contributed by atoms with E-state index in [0.29, 0.717) is 6.04 Å². The Bertz CT molecular complexity index is 633. The van der Waals surface area contributed by atoms with Crippen LogP contribution in [0.1, 0.15) is 49.4 Å². The van der Waals surface area contributed by atoms with Gasteiger partial charge in [0, 0.05) is 11.3 Å². The van der Waals surface area contributed by atoms with E-state index in [1.165, 1.54) is 17.5 Å². The van der Waals surface area contributed by atoms with Crippen molar-refractivity contribution in [2.75, 3.05) is 5.32 Å². The molecule has 1 unspecified atom stereocenters. The highest BCUT2D eigenvalue weighted by Crippen LogP contribution is 2.42. The van der Waals surface area contributed by atoms with Crippen LogP contribution < -0.4 is 5.32 Å². The van der Waals surface area contributed by atoms with Gasteiger partial charge in [-0.2, -0.15) is 0 Å². The predicted molar refractivity (Wildman–Crippen MR) is 87.4 cm³/mol. The highest BCUT2D eigenvalue weighted by atomic mass is 16.3. The minimum Gasteiger partial charge on any atom is -0.392 e. The number of nitrogens with one attached hydrogen (secondary N) is 1. The van der Waals surface area contributed by atoms with Gasteiger partial charge < -0.3 is 10.4 Å². The average molecular weight is 281 g/mol. The Morgan fingerprint density at radius 2 is 1.81 bits per heavy atom. The van der Waals surface area contributed by atoms with E-state index in [4.69, 9.17) is 0 Å². The van der Waals surface area contributed by atoms with Gasteiger partial charge in [0.2, 0.25) is 0 Å². The second kappa shape index (κ2) is 5.53. The first-order valence-electron chi connectivity index (χ1n) is 7.66. The zero-order valence-electron chi connectivity index (χ0n) is 12.8. The summed E-state index contributed by atoms with van der Waals surface area (Å²) >= 11 is 0. The summed E-state index contributed by atoms with van der Waals surface area (Å²) in [6, 6.07) is 17.1. The maximum absolute atomic E-state index is 9.49. The third-order valence-electron chi connectivity index (χ3n) is 4.64. The molecular formula is C19H23NO. The molecule has 2 N–H and O–H groups in total. The third kappa shape index (κ3) is 2.68. The van der Waals surface area contributed by atoms with Gasteiger partial charge in [-0.3, -0.25) is 0 Å². The molecule has 0 amide bonds. The van der Waals surface area contributed by atoms with Gasteiger partial charge in [0.1, 0.15) is 0 Å². The summed E-state index contributed by atoms with van der Waals surface area (Å²) in [6.45, 7) is 4.72. The first-order valence-corrected chi connectivity index (χ1v) is 7.66. The molecule has 0 bridgehead atoms. The molecule has 1 aliphatic carbocycles. The van der Waals surface area contributed by atoms with Crippen LogP contribution in [0.5, 0.6) is 0 Å². The summed E-state index contributed by atoms with van der Waals surface area (Å²) in [5, 5.41) is 13.1. The van der Waals surface area contributed by atoms with E-state index in [9.17, 15) is 5.11 Å². The van der Waals surface area contributed by atoms with Crippen molar-refractivity contribution in [3.8, 4) is 0 Å². The number of rotatable bonds is 3. The summed E-state index contributed by atoms with van der Waals surface area (Å²) in [4.78, 5) is 0. The van der Waals surface area contributed by atoms with E-state index >= 15 is 0 Å². The van der Waals surface area contributed by atoms with Crippen molar-refractivity contribution in [2.45, 2.75) is 44.8 Å². The zero-order chi connectivity index (χ0) is 14.9. The van der Waals surface area contributed by atoms with Crippen molar-refractivity contribution in [1.29, 1.82) is 0 Å². The van der Waals surface area contributed by atoms with Gasteiger partial charge in [0.15, 0.2) is 0 Å². The number of hydrogen-bond acceptors (Lipinski definition) is 2. The molecule has 110 valence electrons. The largest absolute Gasteiger partial charge is 0.392 e. The number of aliphatic hydroxyl groups is 1. The first kappa shape index (κ1) is 14.2. The van der Waals surface area contributed by atoms with Gasteiger partial charge in [-0.15, -0.1) is 0 Å². The molecule has 0 heterocycles. The van der Waals surface area contributed by atoms with Gasteiger partial charge in [0.05, 0.1) is 12.6 Å². The Kier molecular flexibility index (Phi) is 3.73. The fourth-order valence-corrected chi connectivity index (χ4v) is 3.35. The Labute approximate surface area is 126 Å². The van der Waals surface area contributed by atoms with Crippen LogP contribution in [0.25, 0.3) is 0 Å². The summed E-state index contributed by atoms with van der Waals surface area (Å²) in [6.07, 6.45) is 2.28. The normalized spacial score (nSPS) is 19.9. The van der Waals surface area contributed by atoms with Crippen LogP contribution in [-0.4, -0.2) is 5.11 Å². The lowest BCUT2D eigenvalue weighted by molar-refractivity contribution is 0.282. The number of aliphatic hydroxyl groups excluding tert-OH is 1. The van der Waals surface area contributed by atoms with Crippen LogP contribution in [0.2, 0.25) is 0 Å². The Balaban J connectivity index is 1.94. The molecule has 0 spiro atoms. The topological polar surface area (TPSA) is 32.3 Å². The molecule has 1 aliphatic rings. The molecule has 0 aliphatic heterocycles. The molecule has 21 heavy (non-hydrogen) atoms. The fraction of sp³-hybridized carbons (Fsp3) is 0.368. The van der Waals surface area contributed by atoms with Crippen molar-refractivity contribution < 1.29 is 5.11 Å². The SMILES string of the molecule is CC1(C)CCC(Nc2ccccc2CO)c2ccccc21. The summed E-state index contributed by atoms with van der Waals surface area (Å²) in [5.74, 6) is 0. The van der Waals surface area contributed by atoms with Crippen molar-refractivity contribution in [1.82, 2.24) is 0 Å². The van der Waals surface area contributed by atoms with E-state index in [1.54, 1.807) is 0 Å². The van der Waals surface area contributed by atoms with Gasteiger partial charge >= 0.3 is 0 Å². The maximum Gasteiger partial charge on any atom is 0.0701 e. The predicted octanol–water partition coefficient (Wildman–Crippen LogP) is 4.40. The van der Waals surface area contributed by atoms with Crippen molar-refractivity contribution >= 4 is 5.69 Å². The highest BCUT2D eigenvalue weighted by Gasteiger charge is 2.32. The molecule has 0 aromatic heterocycles. The number of hydrogen-bond donors (Lipinski definition) is 2. The minimum atomic E-state index is 0.0725. The minimum absolute atomic E-state index is 0.0725. The molecule has 2 aromatic rings. The zero-order valence-corrected chi connectivity index (χ0v) is 12.8. The van der Waals surface area contributed by atoms with E-state index in [-0.39, 0.29) is 12.0 Å². The Hall–Kier alpha value is -1.80. The lowest BCUT2D eigenvalue weighted by Crippen LogP contribution is -2.29. The Morgan fingerprint density at radius 3 is 2.62 bits per heavy atom. The number of benzene rings is 2. The number of fused-ring (bicyclic) bond motifs is 1. The second-order valence-electron chi connectivity index (χ2n) is 6.52. The van der Waals surface area contributed by atoms with Crippen LogP contribution in [0.15, 0.2) is 48.5 Å². The number of para-hydroxylation sites is 1. The van der Waals surface area contributed by atoms with Crippen LogP contribution >= 0.6 is 0 Å². The molecule has 0 radical (unpaired) electrons. The van der Waals surface area contributed by atoms with E-state index < -0.39 is 0 Å². The van der Waals surface area contributed by atoms with Crippen LogP contribution in [-0.2, 0) is 12.0 Å². The van der Waals surface area contributed by atoms with E-state index in [2.05, 4.69) is 43.4 Å². The second-order valence-corrected chi connectivity index (χ2v) is 6.52. The van der Waals surface area contributed by atoms with Crippen LogP contribution in [0.3, 0.4) is 0 Å². The summed E-state index contributed by atoms with van der Waals surface area (Å²) in [7, 11) is 0. The smallest absolute Gasteiger partial charge is 0.0701 e. The van der Waals surface area contributed by atoms with Crippen molar-refractivity contribution in [3.63, 3.8) is 0 Å². The average Bonchev–Trinajstić information content (AvgIpc) is 2.51. The molecule has 0 saturated heterocycles. The van der Waals surface area contributed by atoms with Crippen molar-refractivity contribution in [3.05, 3.63) is 65.2 Å². The summed E-state index contributed by atoms with van der Waals surface area (Å²) < 4.78 is 0. The van der Waals surface area contributed by atoms with E-state index in [0.717, 1.165) is 17.7 Å². The van der Waals surface area contributed by atoms with Crippen LogP contribution in [0.4, 0.5) is 5.69 Å². The Morgan fingerprint density at radius 1 is 1.10 bits per heavy atom. The molecule has 2 aromatic carbocycles. The van der Waals surface area contributed by atoms with Gasteiger partial charge in [-0.1, -0.05) is 56.3 Å². The van der Waals surface area contributed by atoms with Crippen molar-refractivity contribution in [2.24, 2.45) is 0 Å². The number of anilines is 1. The monoisotopic (exact) mass is 281 g/mol. The standard InChI is InChI=1S/C19H23NO/c1-19(2)12-11-18(15-8-4-5-9-16(15)19)20-17-10-6-3-7-14(17)13-21/h3-10,18,20-21H,11-13H2,1-2H3. The molecule has 2 heteroatoms. The molecule has 0 saturated carbocycles.